The van der Waals surface area contributed by atoms with Gasteiger partial charge in [0.25, 0.3) is 0 Å². The maximum Gasteiger partial charge on any atom is 0.0704 e. The molecule has 3 unspecified atom stereocenters. The third-order valence-corrected chi connectivity index (χ3v) is 3.84. The summed E-state index contributed by atoms with van der Waals surface area (Å²) in [6, 6.07) is 6.27. The van der Waals surface area contributed by atoms with Crippen LogP contribution in [0, 0.1) is 19.8 Å². The second kappa shape index (κ2) is 7.18. The fourth-order valence-corrected chi connectivity index (χ4v) is 2.82. The van der Waals surface area contributed by atoms with Crippen LogP contribution in [0.4, 0.5) is 0 Å². The zero-order valence-electron chi connectivity index (χ0n) is 12.3. The van der Waals surface area contributed by atoms with Crippen LogP contribution in [0.1, 0.15) is 29.2 Å². The van der Waals surface area contributed by atoms with Crippen molar-refractivity contribution in [1.29, 1.82) is 0 Å². The van der Waals surface area contributed by atoms with E-state index in [-0.39, 0.29) is 31.3 Å². The van der Waals surface area contributed by atoms with E-state index in [2.05, 4.69) is 37.4 Å². The molecule has 4 nitrogen and oxygen atoms in total. The summed E-state index contributed by atoms with van der Waals surface area (Å²) in [5, 5.41) is 22.1. The number of nitrogens with one attached hydrogen (secondary N) is 1. The van der Waals surface area contributed by atoms with Crippen molar-refractivity contribution in [2.24, 2.45) is 5.92 Å². The summed E-state index contributed by atoms with van der Waals surface area (Å²) in [7, 11) is 0. The van der Waals surface area contributed by atoms with Crippen LogP contribution in [0.15, 0.2) is 18.2 Å². The van der Waals surface area contributed by atoms with E-state index < -0.39 is 0 Å². The van der Waals surface area contributed by atoms with Gasteiger partial charge < -0.3 is 20.3 Å². The molecule has 4 heteroatoms. The lowest BCUT2D eigenvalue weighted by atomic mass is 10.0. The van der Waals surface area contributed by atoms with Crippen LogP contribution in [0.3, 0.4) is 0 Å². The third kappa shape index (κ3) is 4.03. The molecule has 1 heterocycles. The van der Waals surface area contributed by atoms with E-state index in [4.69, 9.17) is 9.84 Å². The van der Waals surface area contributed by atoms with E-state index in [0.717, 1.165) is 12.0 Å². The Balaban J connectivity index is 1.92. The number of aliphatic hydroxyl groups is 2. The first kappa shape index (κ1) is 15.4. The Kier molecular flexibility index (Phi) is 5.54. The Labute approximate surface area is 120 Å². The molecule has 3 N–H and O–H groups in total. The van der Waals surface area contributed by atoms with E-state index in [1.165, 1.54) is 11.1 Å². The van der Waals surface area contributed by atoms with Gasteiger partial charge in [0.05, 0.1) is 25.4 Å². The largest absolute Gasteiger partial charge is 0.396 e. The zero-order valence-corrected chi connectivity index (χ0v) is 12.3. The lowest BCUT2D eigenvalue weighted by Gasteiger charge is -2.20. The second-order valence-corrected chi connectivity index (χ2v) is 5.80. The van der Waals surface area contributed by atoms with E-state index >= 15 is 0 Å². The molecule has 1 aromatic rings. The van der Waals surface area contributed by atoms with Crippen LogP contribution in [-0.4, -0.2) is 42.7 Å². The molecule has 0 spiro atoms. The number of aliphatic hydroxyl groups excluding tert-OH is 2. The van der Waals surface area contributed by atoms with Gasteiger partial charge in [-0.3, -0.25) is 0 Å². The molecule has 1 aliphatic rings. The molecule has 1 aliphatic heterocycles. The molecule has 0 radical (unpaired) electrons. The fraction of sp³-hybridized carbons (Fsp3) is 0.625. The minimum absolute atomic E-state index is 0.0645. The van der Waals surface area contributed by atoms with Gasteiger partial charge in [0.2, 0.25) is 0 Å². The van der Waals surface area contributed by atoms with Gasteiger partial charge in [-0.2, -0.15) is 0 Å². The number of hydrogen-bond donors (Lipinski definition) is 3. The van der Waals surface area contributed by atoms with Gasteiger partial charge in [-0.05, 0) is 25.8 Å². The van der Waals surface area contributed by atoms with Crippen LogP contribution in [0.2, 0.25) is 0 Å². The minimum Gasteiger partial charge on any atom is -0.396 e. The highest BCUT2D eigenvalue weighted by Gasteiger charge is 2.25. The predicted octanol–water partition coefficient (Wildman–Crippen LogP) is 1.32. The topological polar surface area (TPSA) is 61.7 Å². The maximum absolute atomic E-state index is 9.59. The molecule has 3 atom stereocenters. The van der Waals surface area contributed by atoms with Crippen molar-refractivity contribution >= 4 is 0 Å². The molecule has 2 rings (SSSR count). The maximum atomic E-state index is 9.59. The van der Waals surface area contributed by atoms with Crippen molar-refractivity contribution < 1.29 is 14.9 Å². The van der Waals surface area contributed by atoms with Gasteiger partial charge >= 0.3 is 0 Å². The Morgan fingerprint density at radius 2 is 1.95 bits per heavy atom. The molecule has 1 fully saturated rings. The van der Waals surface area contributed by atoms with Crippen LogP contribution >= 0.6 is 0 Å². The highest BCUT2D eigenvalue weighted by Crippen LogP contribution is 2.20. The minimum atomic E-state index is -0.0645. The van der Waals surface area contributed by atoms with Crippen molar-refractivity contribution in [2.45, 2.75) is 32.4 Å². The second-order valence-electron chi connectivity index (χ2n) is 5.80. The SMILES string of the molecule is Cc1cc(C)cc(C(CO)NCC2CC(CO)CO2)c1. The van der Waals surface area contributed by atoms with Crippen molar-refractivity contribution in [3.8, 4) is 0 Å². The first-order valence-electron chi connectivity index (χ1n) is 7.27. The van der Waals surface area contributed by atoms with Gasteiger partial charge in [0.1, 0.15) is 0 Å². The van der Waals surface area contributed by atoms with Crippen LogP contribution < -0.4 is 5.32 Å². The van der Waals surface area contributed by atoms with E-state index in [1.807, 2.05) is 0 Å². The number of rotatable bonds is 6. The molecule has 0 saturated carbocycles. The lowest BCUT2D eigenvalue weighted by Crippen LogP contribution is -2.32. The number of ether oxygens (including phenoxy) is 1. The molecule has 0 bridgehead atoms. The summed E-state index contributed by atoms with van der Waals surface area (Å²) in [5.41, 5.74) is 3.53. The highest BCUT2D eigenvalue weighted by atomic mass is 16.5. The third-order valence-electron chi connectivity index (χ3n) is 3.84. The Bertz CT molecular complexity index is 415. The van der Waals surface area contributed by atoms with E-state index in [1.54, 1.807) is 0 Å². The molecule has 20 heavy (non-hydrogen) atoms. The number of benzene rings is 1. The van der Waals surface area contributed by atoms with Crippen molar-refractivity contribution in [3.63, 3.8) is 0 Å². The van der Waals surface area contributed by atoms with Crippen molar-refractivity contribution in [2.75, 3.05) is 26.4 Å². The normalized spacial score (nSPS) is 24.0. The van der Waals surface area contributed by atoms with E-state index in [0.29, 0.717) is 13.2 Å². The summed E-state index contributed by atoms with van der Waals surface area (Å²) in [4.78, 5) is 0. The Morgan fingerprint density at radius 1 is 1.25 bits per heavy atom. The first-order chi connectivity index (χ1) is 9.62. The predicted molar refractivity (Wildman–Crippen MR) is 78.7 cm³/mol. The molecule has 112 valence electrons. The molecular formula is C16H25NO3. The molecule has 0 aliphatic carbocycles. The zero-order chi connectivity index (χ0) is 14.5. The molecule has 1 saturated heterocycles. The number of hydrogen-bond acceptors (Lipinski definition) is 4. The lowest BCUT2D eigenvalue weighted by molar-refractivity contribution is 0.0954. The summed E-state index contributed by atoms with van der Waals surface area (Å²) in [5.74, 6) is 0.260. The monoisotopic (exact) mass is 279 g/mol. The van der Waals surface area contributed by atoms with Crippen LogP contribution in [-0.2, 0) is 4.74 Å². The molecule has 1 aromatic carbocycles. The molecule has 0 amide bonds. The number of aryl methyl sites for hydroxylation is 2. The molecular weight excluding hydrogens is 254 g/mol. The average Bonchev–Trinajstić information content (AvgIpc) is 2.86. The molecule has 0 aromatic heterocycles. The van der Waals surface area contributed by atoms with Gasteiger partial charge in [-0.15, -0.1) is 0 Å². The summed E-state index contributed by atoms with van der Waals surface area (Å²) >= 11 is 0. The Hall–Kier alpha value is -0.940. The van der Waals surface area contributed by atoms with Crippen LogP contribution in [0.5, 0.6) is 0 Å². The van der Waals surface area contributed by atoms with Crippen molar-refractivity contribution in [1.82, 2.24) is 5.32 Å². The smallest absolute Gasteiger partial charge is 0.0704 e. The summed E-state index contributed by atoms with van der Waals surface area (Å²) < 4.78 is 5.63. The van der Waals surface area contributed by atoms with Gasteiger partial charge in [-0.1, -0.05) is 29.3 Å². The summed E-state index contributed by atoms with van der Waals surface area (Å²) in [6.07, 6.45) is 1.02. The van der Waals surface area contributed by atoms with Gasteiger partial charge in [0, 0.05) is 19.1 Å². The summed E-state index contributed by atoms with van der Waals surface area (Å²) in [6.45, 7) is 5.73. The highest BCUT2D eigenvalue weighted by molar-refractivity contribution is 5.30. The first-order valence-corrected chi connectivity index (χ1v) is 7.27. The standard InChI is InChI=1S/C16H25NO3/c1-11-3-12(2)5-14(4-11)16(9-19)17-7-15-6-13(8-18)10-20-15/h3-5,13,15-19H,6-10H2,1-2H3. The Morgan fingerprint density at radius 3 is 2.50 bits per heavy atom. The van der Waals surface area contributed by atoms with Gasteiger partial charge in [-0.25, -0.2) is 0 Å². The van der Waals surface area contributed by atoms with E-state index in [9.17, 15) is 5.11 Å². The quantitative estimate of drug-likeness (QED) is 0.735. The average molecular weight is 279 g/mol. The van der Waals surface area contributed by atoms with Crippen LogP contribution in [0.25, 0.3) is 0 Å². The van der Waals surface area contributed by atoms with Gasteiger partial charge in [0.15, 0.2) is 0 Å². The fourth-order valence-electron chi connectivity index (χ4n) is 2.82. The van der Waals surface area contributed by atoms with Crippen molar-refractivity contribution in [3.05, 3.63) is 34.9 Å².